The molecule has 4 rings (SSSR count). The van der Waals surface area contributed by atoms with Gasteiger partial charge in [0.25, 0.3) is 5.91 Å². The van der Waals surface area contributed by atoms with Gasteiger partial charge in [0.1, 0.15) is 0 Å². The van der Waals surface area contributed by atoms with Crippen molar-refractivity contribution in [3.05, 3.63) is 23.5 Å². The number of carbonyl (C=O) groups is 1. The van der Waals surface area contributed by atoms with Crippen molar-refractivity contribution >= 4 is 17.9 Å². The summed E-state index contributed by atoms with van der Waals surface area (Å²) in [6, 6.07) is 0. The first-order valence-electron chi connectivity index (χ1n) is 9.54. The second-order valence-electron chi connectivity index (χ2n) is 6.92. The number of hydrogen-bond donors (Lipinski definition) is 2. The molecule has 1 saturated heterocycles. The van der Waals surface area contributed by atoms with Gasteiger partial charge in [-0.15, -0.1) is 5.10 Å². The summed E-state index contributed by atoms with van der Waals surface area (Å²) < 4.78 is 11.4. The Bertz CT molecular complexity index is 898. The number of nitrogen functional groups attached to an aromatic ring is 1. The predicted octanol–water partition coefficient (Wildman–Crippen LogP) is 0.137. The second-order valence-corrected chi connectivity index (χ2v) is 6.92. The smallest absolute Gasteiger partial charge is 0.293 e. The van der Waals surface area contributed by atoms with Gasteiger partial charge >= 0.3 is 0 Å². The molecular formula is C17H23N9O3. The average Bonchev–Trinajstić information content (AvgIpc) is 3.35. The minimum atomic E-state index is -0.447. The summed E-state index contributed by atoms with van der Waals surface area (Å²) in [6.07, 6.45) is 9.03. The monoisotopic (exact) mass is 401 g/mol. The van der Waals surface area contributed by atoms with Crippen LogP contribution in [0.15, 0.2) is 21.9 Å². The summed E-state index contributed by atoms with van der Waals surface area (Å²) in [5.74, 6) is 0.132. The minimum Gasteiger partial charge on any atom is -0.379 e. The number of amides is 1. The van der Waals surface area contributed by atoms with Crippen molar-refractivity contribution in [1.29, 1.82) is 0 Å². The molecule has 154 valence electrons. The van der Waals surface area contributed by atoms with Crippen LogP contribution in [0.2, 0.25) is 0 Å². The maximum absolute atomic E-state index is 12.7. The lowest BCUT2D eigenvalue weighted by atomic mass is 9.96. The SMILES string of the molecule is Nc1nonc1-n1nnc(C(=O)N/N=C\[C@@H]2CC=CCC2)c1CN1CCOCC1. The highest BCUT2D eigenvalue weighted by Crippen LogP contribution is 2.18. The number of hydrogen-bond acceptors (Lipinski definition) is 10. The molecule has 1 atom stereocenters. The molecule has 3 heterocycles. The molecule has 1 aliphatic carbocycles. The van der Waals surface area contributed by atoms with Crippen molar-refractivity contribution in [1.82, 2.24) is 35.6 Å². The van der Waals surface area contributed by atoms with Crippen molar-refractivity contribution in [3.8, 4) is 5.82 Å². The number of rotatable bonds is 6. The summed E-state index contributed by atoms with van der Waals surface area (Å²) in [7, 11) is 0. The van der Waals surface area contributed by atoms with Crippen LogP contribution in [0.25, 0.3) is 5.82 Å². The summed E-state index contributed by atoms with van der Waals surface area (Å²) in [6.45, 7) is 3.12. The van der Waals surface area contributed by atoms with Gasteiger partial charge in [0, 0.05) is 25.8 Å². The lowest BCUT2D eigenvalue weighted by molar-refractivity contribution is 0.0332. The van der Waals surface area contributed by atoms with Crippen LogP contribution < -0.4 is 11.2 Å². The number of nitrogens with two attached hydrogens (primary N) is 1. The highest BCUT2D eigenvalue weighted by atomic mass is 16.6. The summed E-state index contributed by atoms with van der Waals surface area (Å²) >= 11 is 0. The largest absolute Gasteiger partial charge is 0.379 e. The first-order valence-corrected chi connectivity index (χ1v) is 9.54. The van der Waals surface area contributed by atoms with E-state index in [2.05, 4.69) is 52.8 Å². The lowest BCUT2D eigenvalue weighted by Gasteiger charge is -2.26. The Hall–Kier alpha value is -3.12. The molecule has 2 aromatic heterocycles. The highest BCUT2D eigenvalue weighted by Gasteiger charge is 2.26. The summed E-state index contributed by atoms with van der Waals surface area (Å²) in [4.78, 5) is 14.9. The molecule has 1 amide bonds. The Labute approximate surface area is 166 Å². The van der Waals surface area contributed by atoms with Gasteiger partial charge in [-0.25, -0.2) is 10.1 Å². The molecule has 0 saturated carbocycles. The molecule has 3 N–H and O–H groups in total. The number of anilines is 1. The van der Waals surface area contributed by atoms with E-state index in [0.29, 0.717) is 31.4 Å². The highest BCUT2D eigenvalue weighted by molar-refractivity contribution is 5.93. The van der Waals surface area contributed by atoms with Gasteiger partial charge < -0.3 is 10.5 Å². The third kappa shape index (κ3) is 4.49. The number of nitrogens with zero attached hydrogens (tertiary/aromatic N) is 7. The fourth-order valence-corrected chi connectivity index (χ4v) is 3.31. The van der Waals surface area contributed by atoms with Crippen molar-refractivity contribution in [2.75, 3.05) is 32.0 Å². The molecule has 12 heteroatoms. The number of nitrogens with one attached hydrogen (secondary N) is 1. The maximum Gasteiger partial charge on any atom is 0.293 e. The zero-order valence-electron chi connectivity index (χ0n) is 15.9. The third-order valence-corrected chi connectivity index (χ3v) is 4.91. The predicted molar refractivity (Wildman–Crippen MR) is 102 cm³/mol. The number of carbonyl (C=O) groups excluding carboxylic acids is 1. The molecule has 12 nitrogen and oxygen atoms in total. The number of allylic oxidation sites excluding steroid dienone is 2. The minimum absolute atomic E-state index is 0.0634. The van der Waals surface area contributed by atoms with E-state index in [0.717, 1.165) is 32.4 Å². The van der Waals surface area contributed by atoms with Crippen LogP contribution >= 0.6 is 0 Å². The third-order valence-electron chi connectivity index (χ3n) is 4.91. The topological polar surface area (TPSA) is 150 Å². The fraction of sp³-hybridized carbons (Fsp3) is 0.529. The first kappa shape index (κ1) is 19.2. The van der Waals surface area contributed by atoms with Crippen LogP contribution in [0.3, 0.4) is 0 Å². The zero-order chi connectivity index (χ0) is 20.1. The van der Waals surface area contributed by atoms with Gasteiger partial charge in [-0.1, -0.05) is 17.4 Å². The van der Waals surface area contributed by atoms with E-state index in [1.807, 2.05) is 0 Å². The number of morpholine rings is 1. The molecular weight excluding hydrogens is 378 g/mol. The molecule has 0 unspecified atom stereocenters. The standard InChI is InChI=1S/C17H23N9O3/c18-15-16(23-29-22-15)26-13(11-25-6-8-28-9-7-25)14(20-24-26)17(27)21-19-10-12-4-2-1-3-5-12/h1-2,10,12H,3-9,11H2,(H2,18,22)(H,21,27)/b19-10-/t12-/m1/s1. The molecule has 0 bridgehead atoms. The molecule has 2 aliphatic rings. The summed E-state index contributed by atoms with van der Waals surface area (Å²) in [5, 5.41) is 19.5. The number of hydrazone groups is 1. The van der Waals surface area contributed by atoms with Crippen molar-refractivity contribution in [2.24, 2.45) is 11.0 Å². The van der Waals surface area contributed by atoms with E-state index >= 15 is 0 Å². The van der Waals surface area contributed by atoms with Gasteiger partial charge in [0.2, 0.25) is 11.6 Å². The zero-order valence-corrected chi connectivity index (χ0v) is 15.9. The van der Waals surface area contributed by atoms with E-state index in [9.17, 15) is 4.79 Å². The van der Waals surface area contributed by atoms with Crippen LogP contribution in [0.5, 0.6) is 0 Å². The Morgan fingerprint density at radius 3 is 2.93 bits per heavy atom. The van der Waals surface area contributed by atoms with Crippen LogP contribution in [0, 0.1) is 5.92 Å². The normalized spacial score (nSPS) is 20.3. The van der Waals surface area contributed by atoms with Gasteiger partial charge in [-0.2, -0.15) is 9.78 Å². The van der Waals surface area contributed by atoms with Crippen LogP contribution in [-0.4, -0.2) is 68.6 Å². The molecule has 2 aromatic rings. The Morgan fingerprint density at radius 2 is 2.21 bits per heavy atom. The van der Waals surface area contributed by atoms with Gasteiger partial charge in [0.05, 0.1) is 18.9 Å². The van der Waals surface area contributed by atoms with Crippen molar-refractivity contribution in [3.63, 3.8) is 0 Å². The molecule has 0 aromatic carbocycles. The van der Waals surface area contributed by atoms with Gasteiger partial charge in [0.15, 0.2) is 5.69 Å². The van der Waals surface area contributed by atoms with Crippen LogP contribution in [0.4, 0.5) is 5.82 Å². The molecule has 1 aliphatic heterocycles. The van der Waals surface area contributed by atoms with Crippen molar-refractivity contribution < 1.29 is 14.2 Å². The molecule has 29 heavy (non-hydrogen) atoms. The second kappa shape index (κ2) is 8.92. The number of ether oxygens (including phenoxy) is 1. The van der Waals surface area contributed by atoms with E-state index < -0.39 is 5.91 Å². The lowest BCUT2D eigenvalue weighted by Crippen LogP contribution is -2.37. The number of aromatic nitrogens is 5. The van der Waals surface area contributed by atoms with E-state index in [1.165, 1.54) is 4.68 Å². The van der Waals surface area contributed by atoms with E-state index in [1.54, 1.807) is 6.21 Å². The fourth-order valence-electron chi connectivity index (χ4n) is 3.31. The van der Waals surface area contributed by atoms with Crippen molar-refractivity contribution in [2.45, 2.75) is 25.8 Å². The maximum atomic E-state index is 12.7. The van der Waals surface area contributed by atoms with Gasteiger partial charge in [-0.3, -0.25) is 9.69 Å². The molecule has 0 spiro atoms. The molecule has 0 radical (unpaired) electrons. The quantitative estimate of drug-likeness (QED) is 0.391. The Kier molecular flexibility index (Phi) is 5.91. The van der Waals surface area contributed by atoms with Gasteiger partial charge in [-0.05, 0) is 35.5 Å². The van der Waals surface area contributed by atoms with E-state index in [4.69, 9.17) is 10.5 Å². The summed E-state index contributed by atoms with van der Waals surface area (Å²) in [5.41, 5.74) is 9.04. The Balaban J connectivity index is 1.54. The van der Waals surface area contributed by atoms with Crippen LogP contribution in [0.1, 0.15) is 35.4 Å². The molecule has 1 fully saturated rings. The average molecular weight is 401 g/mol. The Morgan fingerprint density at radius 1 is 1.34 bits per heavy atom. The van der Waals surface area contributed by atoms with Crippen LogP contribution in [-0.2, 0) is 11.3 Å². The first-order chi connectivity index (χ1) is 14.2. The van der Waals surface area contributed by atoms with E-state index in [-0.39, 0.29) is 17.3 Å².